The van der Waals surface area contributed by atoms with Gasteiger partial charge in [0.2, 0.25) is 5.91 Å². The summed E-state index contributed by atoms with van der Waals surface area (Å²) < 4.78 is 5.20. The lowest BCUT2D eigenvalue weighted by atomic mass is 9.94. The third-order valence-corrected chi connectivity index (χ3v) is 4.94. The molecule has 2 aliphatic heterocycles. The minimum absolute atomic E-state index is 0.00660. The van der Waals surface area contributed by atoms with E-state index in [9.17, 15) is 14.7 Å². The van der Waals surface area contributed by atoms with Crippen LogP contribution in [-0.2, 0) is 14.3 Å². The van der Waals surface area contributed by atoms with Gasteiger partial charge in [0.05, 0.1) is 5.69 Å². The molecule has 7 heteroatoms. The maximum Gasteiger partial charge on any atom is 0.323 e. The number of hydrogen-bond acceptors (Lipinski definition) is 5. The van der Waals surface area contributed by atoms with Crippen molar-refractivity contribution >= 4 is 29.2 Å². The number of carbonyl (C=O) groups is 2. The molecule has 0 spiro atoms. The van der Waals surface area contributed by atoms with E-state index in [0.717, 1.165) is 0 Å². The molecule has 1 amide bonds. The lowest BCUT2D eigenvalue weighted by Crippen LogP contribution is -2.45. The summed E-state index contributed by atoms with van der Waals surface area (Å²) in [5.41, 5.74) is 0.322. The predicted octanol–water partition coefficient (Wildman–Crippen LogP) is 2.40. The van der Waals surface area contributed by atoms with Crippen LogP contribution in [0.4, 0.5) is 5.69 Å². The normalized spacial score (nSPS) is 25.5. The van der Waals surface area contributed by atoms with E-state index < -0.39 is 0 Å². The van der Waals surface area contributed by atoms with Gasteiger partial charge < -0.3 is 15.2 Å². The minimum atomic E-state index is -0.180. The summed E-state index contributed by atoms with van der Waals surface area (Å²) in [5, 5.41) is 13.0. The fourth-order valence-corrected chi connectivity index (χ4v) is 3.52. The number of rotatable bonds is 3. The van der Waals surface area contributed by atoms with Crippen LogP contribution in [0, 0.1) is 5.92 Å². The van der Waals surface area contributed by atoms with E-state index in [1.807, 2.05) is 6.92 Å². The zero-order chi connectivity index (χ0) is 17.3. The Morgan fingerprint density at radius 3 is 2.71 bits per heavy atom. The third kappa shape index (κ3) is 3.65. The van der Waals surface area contributed by atoms with Gasteiger partial charge in [0.1, 0.15) is 17.9 Å². The topological polar surface area (TPSA) is 78.9 Å². The average Bonchev–Trinajstić information content (AvgIpc) is 2.89. The van der Waals surface area contributed by atoms with E-state index in [2.05, 4.69) is 10.2 Å². The Hall–Kier alpha value is -1.79. The molecule has 0 aromatic heterocycles. The predicted molar refractivity (Wildman–Crippen MR) is 90.0 cm³/mol. The molecule has 2 atom stereocenters. The van der Waals surface area contributed by atoms with Gasteiger partial charge in [0.25, 0.3) is 0 Å². The number of phenolic OH excluding ortho intramolecular Hbond substituents is 1. The summed E-state index contributed by atoms with van der Waals surface area (Å²) in [6.45, 7) is 3.27. The summed E-state index contributed by atoms with van der Waals surface area (Å²) in [6, 6.07) is 4.36. The number of carbonyl (C=O) groups excluding carboxylic acids is 2. The van der Waals surface area contributed by atoms with Gasteiger partial charge in [-0.25, -0.2) is 0 Å². The molecule has 1 aromatic rings. The lowest BCUT2D eigenvalue weighted by molar-refractivity contribution is -0.145. The van der Waals surface area contributed by atoms with E-state index in [0.29, 0.717) is 43.1 Å². The van der Waals surface area contributed by atoms with Crippen LogP contribution in [0.2, 0.25) is 5.02 Å². The number of hydrogen-bond donors (Lipinski definition) is 2. The first-order chi connectivity index (χ1) is 11.4. The zero-order valence-electron chi connectivity index (χ0n) is 13.5. The molecule has 2 saturated heterocycles. The van der Waals surface area contributed by atoms with E-state index in [1.54, 1.807) is 6.07 Å². The molecule has 2 aliphatic rings. The Bertz CT molecular complexity index is 643. The van der Waals surface area contributed by atoms with Crippen LogP contribution in [0.15, 0.2) is 18.2 Å². The largest absolute Gasteiger partial charge is 0.506 e. The Morgan fingerprint density at radius 2 is 2.08 bits per heavy atom. The second-order valence-corrected chi connectivity index (χ2v) is 6.90. The molecule has 1 aromatic carbocycles. The monoisotopic (exact) mass is 352 g/mol. The number of anilines is 1. The Labute approximate surface area is 145 Å². The van der Waals surface area contributed by atoms with Crippen molar-refractivity contribution in [1.29, 1.82) is 0 Å². The van der Waals surface area contributed by atoms with Gasteiger partial charge in [0.15, 0.2) is 0 Å². The van der Waals surface area contributed by atoms with Gasteiger partial charge in [0, 0.05) is 17.4 Å². The molecule has 0 radical (unpaired) electrons. The van der Waals surface area contributed by atoms with Gasteiger partial charge in [-0.2, -0.15) is 0 Å². The molecular formula is C17H21ClN2O4. The SMILES string of the molecule is CC1CC(N2CCC(C(=O)Nc3cc(Cl)ccc3O)CC2)C(=O)O1. The van der Waals surface area contributed by atoms with Crippen LogP contribution in [-0.4, -0.2) is 47.1 Å². The standard InChI is InChI=1S/C17H21ClN2O4/c1-10-8-14(17(23)24-10)20-6-4-11(5-7-20)16(22)19-13-9-12(18)2-3-15(13)21/h2-3,9-11,14,21H,4-8H2,1H3,(H,19,22). The van der Waals surface area contributed by atoms with Gasteiger partial charge in [-0.15, -0.1) is 0 Å². The number of ether oxygens (including phenoxy) is 1. The molecular weight excluding hydrogens is 332 g/mol. The number of likely N-dealkylation sites (tertiary alicyclic amines) is 1. The number of phenols is 1. The van der Waals surface area contributed by atoms with E-state index in [-0.39, 0.29) is 35.7 Å². The number of esters is 1. The van der Waals surface area contributed by atoms with Crippen molar-refractivity contribution in [3.8, 4) is 5.75 Å². The number of amides is 1. The van der Waals surface area contributed by atoms with Gasteiger partial charge >= 0.3 is 5.97 Å². The van der Waals surface area contributed by atoms with Crippen molar-refractivity contribution in [3.63, 3.8) is 0 Å². The van der Waals surface area contributed by atoms with Crippen LogP contribution in [0.3, 0.4) is 0 Å². The number of benzene rings is 1. The molecule has 3 rings (SSSR count). The highest BCUT2D eigenvalue weighted by Gasteiger charge is 2.38. The van der Waals surface area contributed by atoms with E-state index in [1.165, 1.54) is 12.1 Å². The molecule has 2 unspecified atom stereocenters. The second kappa shape index (κ2) is 6.99. The van der Waals surface area contributed by atoms with Crippen molar-refractivity contribution in [3.05, 3.63) is 23.2 Å². The van der Waals surface area contributed by atoms with Crippen molar-refractivity contribution in [2.24, 2.45) is 5.92 Å². The van der Waals surface area contributed by atoms with Crippen LogP contribution in [0.25, 0.3) is 0 Å². The number of piperidine rings is 1. The first-order valence-electron chi connectivity index (χ1n) is 8.18. The molecule has 0 aliphatic carbocycles. The highest BCUT2D eigenvalue weighted by molar-refractivity contribution is 6.31. The third-order valence-electron chi connectivity index (χ3n) is 4.70. The molecule has 0 bridgehead atoms. The molecule has 0 saturated carbocycles. The van der Waals surface area contributed by atoms with E-state index in [4.69, 9.17) is 16.3 Å². The first-order valence-corrected chi connectivity index (χ1v) is 8.56. The number of cyclic esters (lactones) is 1. The summed E-state index contributed by atoms with van der Waals surface area (Å²) in [6.07, 6.45) is 2.03. The quantitative estimate of drug-likeness (QED) is 0.645. The number of halogens is 1. The fraction of sp³-hybridized carbons (Fsp3) is 0.529. The average molecular weight is 353 g/mol. The molecule has 130 valence electrons. The molecule has 24 heavy (non-hydrogen) atoms. The molecule has 6 nitrogen and oxygen atoms in total. The summed E-state index contributed by atoms with van der Waals surface area (Å²) >= 11 is 5.89. The highest BCUT2D eigenvalue weighted by Crippen LogP contribution is 2.29. The smallest absolute Gasteiger partial charge is 0.323 e. The Balaban J connectivity index is 1.55. The van der Waals surface area contributed by atoms with Gasteiger partial charge in [-0.3, -0.25) is 14.5 Å². The minimum Gasteiger partial charge on any atom is -0.506 e. The Kier molecular flexibility index (Phi) is 4.96. The van der Waals surface area contributed by atoms with Crippen molar-refractivity contribution in [2.45, 2.75) is 38.3 Å². The summed E-state index contributed by atoms with van der Waals surface area (Å²) in [5.74, 6) is -0.439. The summed E-state index contributed by atoms with van der Waals surface area (Å²) in [7, 11) is 0. The van der Waals surface area contributed by atoms with Crippen LogP contribution >= 0.6 is 11.6 Å². The first kappa shape index (κ1) is 17.0. The number of nitrogens with zero attached hydrogens (tertiary/aromatic N) is 1. The molecule has 2 N–H and O–H groups in total. The Morgan fingerprint density at radius 1 is 1.38 bits per heavy atom. The van der Waals surface area contributed by atoms with Gasteiger partial charge in [-0.1, -0.05) is 11.6 Å². The maximum absolute atomic E-state index is 12.4. The molecule has 2 heterocycles. The highest BCUT2D eigenvalue weighted by atomic mass is 35.5. The van der Waals surface area contributed by atoms with Crippen LogP contribution in [0.1, 0.15) is 26.2 Å². The second-order valence-electron chi connectivity index (χ2n) is 6.46. The van der Waals surface area contributed by atoms with Crippen molar-refractivity contribution in [1.82, 2.24) is 4.90 Å². The van der Waals surface area contributed by atoms with Crippen molar-refractivity contribution < 1.29 is 19.4 Å². The molecule has 2 fully saturated rings. The van der Waals surface area contributed by atoms with E-state index >= 15 is 0 Å². The lowest BCUT2D eigenvalue weighted by Gasteiger charge is -2.33. The summed E-state index contributed by atoms with van der Waals surface area (Å²) in [4.78, 5) is 26.3. The van der Waals surface area contributed by atoms with Crippen LogP contribution in [0.5, 0.6) is 5.75 Å². The number of nitrogens with one attached hydrogen (secondary N) is 1. The van der Waals surface area contributed by atoms with Crippen LogP contribution < -0.4 is 5.32 Å². The zero-order valence-corrected chi connectivity index (χ0v) is 14.3. The van der Waals surface area contributed by atoms with Crippen molar-refractivity contribution in [2.75, 3.05) is 18.4 Å². The fourth-order valence-electron chi connectivity index (χ4n) is 3.35. The maximum atomic E-state index is 12.4. The van der Waals surface area contributed by atoms with Gasteiger partial charge in [-0.05, 0) is 51.1 Å². The number of aromatic hydroxyl groups is 1.